The summed E-state index contributed by atoms with van der Waals surface area (Å²) in [5.74, 6) is 0.614. The van der Waals surface area contributed by atoms with E-state index in [-0.39, 0.29) is 23.4 Å². The summed E-state index contributed by atoms with van der Waals surface area (Å²) in [4.78, 5) is 23.2. The Hall–Kier alpha value is -1.66. The van der Waals surface area contributed by atoms with Crippen LogP contribution >= 0.6 is 11.6 Å². The van der Waals surface area contributed by atoms with Crippen molar-refractivity contribution >= 4 is 28.3 Å². The van der Waals surface area contributed by atoms with Gasteiger partial charge in [0, 0.05) is 13.1 Å². The Labute approximate surface area is 128 Å². The van der Waals surface area contributed by atoms with Gasteiger partial charge in [0.1, 0.15) is 10.7 Å². The number of hydrogen-bond donors (Lipinski definition) is 1. The number of pyridine rings is 1. The van der Waals surface area contributed by atoms with Crippen LogP contribution in [0.15, 0.2) is 17.2 Å². The van der Waals surface area contributed by atoms with Gasteiger partial charge in [0.2, 0.25) is 0 Å². The topological polar surface area (TPSA) is 71.2 Å². The highest BCUT2D eigenvalue weighted by Gasteiger charge is 2.16. The molecule has 6 nitrogen and oxygen atoms in total. The first-order valence-corrected chi connectivity index (χ1v) is 7.34. The minimum Gasteiger partial charge on any atom is -0.394 e. The van der Waals surface area contributed by atoms with Gasteiger partial charge in [0.05, 0.1) is 24.4 Å². The SMILES string of the molecule is CCN(CC)c1nc(Cl)cc2c(=O)n([C@@H](C)CO)cnc12. The van der Waals surface area contributed by atoms with Crippen LogP contribution in [0.5, 0.6) is 0 Å². The zero-order valence-electron chi connectivity index (χ0n) is 12.4. The third-order valence-corrected chi connectivity index (χ3v) is 3.71. The standard InChI is InChI=1S/C14H19ClN4O2/c1-4-18(5-2)13-12-10(6-11(15)17-13)14(21)19(8-16-12)9(3)7-20/h6,8-9,20H,4-5,7H2,1-3H3/t9-/m0/s1. The summed E-state index contributed by atoms with van der Waals surface area (Å²) in [7, 11) is 0. The molecule has 0 amide bonds. The maximum absolute atomic E-state index is 12.5. The number of nitrogens with zero attached hydrogens (tertiary/aromatic N) is 4. The van der Waals surface area contributed by atoms with E-state index in [1.54, 1.807) is 6.92 Å². The molecule has 2 aromatic rings. The van der Waals surface area contributed by atoms with E-state index in [2.05, 4.69) is 9.97 Å². The first-order valence-electron chi connectivity index (χ1n) is 6.96. The van der Waals surface area contributed by atoms with Crippen LogP contribution < -0.4 is 10.5 Å². The molecule has 0 saturated carbocycles. The number of rotatable bonds is 5. The van der Waals surface area contributed by atoms with Crippen molar-refractivity contribution in [2.45, 2.75) is 26.8 Å². The van der Waals surface area contributed by atoms with Crippen molar-refractivity contribution in [3.63, 3.8) is 0 Å². The van der Waals surface area contributed by atoms with Gasteiger partial charge in [-0.2, -0.15) is 0 Å². The van der Waals surface area contributed by atoms with Crippen LogP contribution in [0, 0.1) is 0 Å². The molecule has 21 heavy (non-hydrogen) atoms. The van der Waals surface area contributed by atoms with Gasteiger partial charge in [0.15, 0.2) is 5.82 Å². The fourth-order valence-electron chi connectivity index (χ4n) is 2.24. The normalized spacial score (nSPS) is 12.6. The van der Waals surface area contributed by atoms with Crippen LogP contribution in [0.25, 0.3) is 10.9 Å². The quantitative estimate of drug-likeness (QED) is 0.853. The molecule has 0 radical (unpaired) electrons. The Morgan fingerprint density at radius 3 is 2.67 bits per heavy atom. The van der Waals surface area contributed by atoms with E-state index in [1.165, 1.54) is 17.0 Å². The van der Waals surface area contributed by atoms with Crippen LogP contribution in [0.2, 0.25) is 5.15 Å². The average Bonchev–Trinajstić information content (AvgIpc) is 2.48. The molecule has 114 valence electrons. The Bertz CT molecular complexity index is 697. The predicted molar refractivity (Wildman–Crippen MR) is 84.2 cm³/mol. The zero-order chi connectivity index (χ0) is 15.6. The molecule has 0 aliphatic carbocycles. The monoisotopic (exact) mass is 310 g/mol. The predicted octanol–water partition coefficient (Wildman–Crippen LogP) is 1.84. The van der Waals surface area contributed by atoms with Gasteiger partial charge < -0.3 is 10.0 Å². The molecule has 2 rings (SSSR count). The molecule has 0 spiro atoms. The Kier molecular flexibility index (Phi) is 4.80. The lowest BCUT2D eigenvalue weighted by Crippen LogP contribution is -2.28. The summed E-state index contributed by atoms with van der Waals surface area (Å²) in [5.41, 5.74) is 0.314. The number of hydrogen-bond acceptors (Lipinski definition) is 5. The van der Waals surface area contributed by atoms with Crippen LogP contribution in [0.1, 0.15) is 26.8 Å². The molecular weight excluding hydrogens is 292 g/mol. The lowest BCUT2D eigenvalue weighted by molar-refractivity contribution is 0.236. The maximum atomic E-state index is 12.5. The van der Waals surface area contributed by atoms with Gasteiger partial charge in [-0.3, -0.25) is 9.36 Å². The second kappa shape index (κ2) is 6.41. The van der Waals surface area contributed by atoms with E-state index in [1.807, 2.05) is 18.7 Å². The van der Waals surface area contributed by atoms with E-state index >= 15 is 0 Å². The summed E-state index contributed by atoms with van der Waals surface area (Å²) in [6.45, 7) is 7.13. The largest absolute Gasteiger partial charge is 0.394 e. The molecule has 2 aromatic heterocycles. The lowest BCUT2D eigenvalue weighted by atomic mass is 10.2. The van der Waals surface area contributed by atoms with Gasteiger partial charge in [-0.25, -0.2) is 9.97 Å². The highest BCUT2D eigenvalue weighted by atomic mass is 35.5. The first-order chi connectivity index (χ1) is 10.0. The summed E-state index contributed by atoms with van der Waals surface area (Å²) in [6.07, 6.45) is 1.45. The molecule has 0 bridgehead atoms. The van der Waals surface area contributed by atoms with Crippen molar-refractivity contribution in [3.05, 3.63) is 27.9 Å². The van der Waals surface area contributed by atoms with Crippen molar-refractivity contribution in [3.8, 4) is 0 Å². The summed E-state index contributed by atoms with van der Waals surface area (Å²) < 4.78 is 1.41. The van der Waals surface area contributed by atoms with Crippen molar-refractivity contribution in [2.75, 3.05) is 24.6 Å². The third kappa shape index (κ3) is 2.87. The summed E-state index contributed by atoms with van der Waals surface area (Å²) in [6, 6.07) is 1.19. The Morgan fingerprint density at radius 1 is 1.43 bits per heavy atom. The molecule has 2 heterocycles. The number of halogens is 1. The molecule has 0 unspecified atom stereocenters. The van der Waals surface area contributed by atoms with Crippen molar-refractivity contribution in [1.82, 2.24) is 14.5 Å². The number of aromatic nitrogens is 3. The van der Waals surface area contributed by atoms with Gasteiger partial charge in [-0.15, -0.1) is 0 Å². The highest BCUT2D eigenvalue weighted by Crippen LogP contribution is 2.24. The number of anilines is 1. The fraction of sp³-hybridized carbons (Fsp3) is 0.500. The van der Waals surface area contributed by atoms with Crippen molar-refractivity contribution in [2.24, 2.45) is 0 Å². The number of fused-ring (bicyclic) bond motifs is 1. The van der Waals surface area contributed by atoms with Crippen molar-refractivity contribution in [1.29, 1.82) is 0 Å². The van der Waals surface area contributed by atoms with Crippen molar-refractivity contribution < 1.29 is 5.11 Å². The molecule has 0 aliphatic heterocycles. The lowest BCUT2D eigenvalue weighted by Gasteiger charge is -2.21. The summed E-state index contributed by atoms with van der Waals surface area (Å²) >= 11 is 6.06. The summed E-state index contributed by atoms with van der Waals surface area (Å²) in [5, 5.41) is 9.90. The molecule has 0 aromatic carbocycles. The third-order valence-electron chi connectivity index (χ3n) is 3.52. The molecule has 0 fully saturated rings. The molecule has 0 aliphatic rings. The molecule has 1 atom stereocenters. The Balaban J connectivity index is 2.75. The van der Waals surface area contributed by atoms with Crippen LogP contribution in [0.4, 0.5) is 5.82 Å². The minimum atomic E-state index is -0.335. The molecule has 7 heteroatoms. The maximum Gasteiger partial charge on any atom is 0.261 e. The number of aliphatic hydroxyl groups excluding tert-OH is 1. The second-order valence-electron chi connectivity index (χ2n) is 4.83. The molecule has 0 saturated heterocycles. The van der Waals surface area contributed by atoms with E-state index in [4.69, 9.17) is 11.6 Å². The van der Waals surface area contributed by atoms with Gasteiger partial charge >= 0.3 is 0 Å². The molecular formula is C14H19ClN4O2. The van der Waals surface area contributed by atoms with Crippen LogP contribution in [-0.4, -0.2) is 39.3 Å². The number of aliphatic hydroxyl groups is 1. The van der Waals surface area contributed by atoms with Crippen LogP contribution in [0.3, 0.4) is 0 Å². The second-order valence-corrected chi connectivity index (χ2v) is 5.21. The van der Waals surface area contributed by atoms with E-state index in [0.717, 1.165) is 13.1 Å². The van der Waals surface area contributed by atoms with Crippen LogP contribution in [-0.2, 0) is 0 Å². The Morgan fingerprint density at radius 2 is 2.10 bits per heavy atom. The molecule has 1 N–H and O–H groups in total. The fourth-order valence-corrected chi connectivity index (χ4v) is 2.43. The average molecular weight is 311 g/mol. The van der Waals surface area contributed by atoms with Gasteiger partial charge in [0.25, 0.3) is 5.56 Å². The van der Waals surface area contributed by atoms with E-state index in [9.17, 15) is 9.90 Å². The first kappa shape index (κ1) is 15.7. The minimum absolute atomic E-state index is 0.130. The van der Waals surface area contributed by atoms with Gasteiger partial charge in [-0.1, -0.05) is 11.6 Å². The van der Waals surface area contributed by atoms with E-state index < -0.39 is 0 Å². The van der Waals surface area contributed by atoms with Gasteiger partial charge in [-0.05, 0) is 26.8 Å². The van der Waals surface area contributed by atoms with E-state index in [0.29, 0.717) is 16.7 Å². The highest BCUT2D eigenvalue weighted by molar-refractivity contribution is 6.30. The zero-order valence-corrected chi connectivity index (χ0v) is 13.1. The smallest absolute Gasteiger partial charge is 0.261 e.